The molecule has 0 aliphatic heterocycles. The number of ether oxygens (including phenoxy) is 2. The van der Waals surface area contributed by atoms with Gasteiger partial charge in [0.2, 0.25) is 0 Å². The van der Waals surface area contributed by atoms with E-state index in [0.717, 1.165) is 23.5 Å². The second-order valence-electron chi connectivity index (χ2n) is 5.60. The second-order valence-corrected chi connectivity index (χ2v) is 5.60. The Labute approximate surface area is 132 Å². The molecular formula is C17H27NO4. The van der Waals surface area contributed by atoms with E-state index in [1.807, 2.05) is 39.0 Å². The van der Waals surface area contributed by atoms with Gasteiger partial charge in [-0.3, -0.25) is 4.79 Å². The maximum Gasteiger partial charge on any atom is 0.323 e. The molecule has 0 radical (unpaired) electrons. The van der Waals surface area contributed by atoms with E-state index in [9.17, 15) is 9.90 Å². The molecule has 0 bridgehead atoms. The smallest absolute Gasteiger partial charge is 0.323 e. The first-order valence-electron chi connectivity index (χ1n) is 7.77. The highest BCUT2D eigenvalue weighted by atomic mass is 16.5. The third-order valence-electron chi connectivity index (χ3n) is 3.68. The highest BCUT2D eigenvalue weighted by molar-refractivity contribution is 5.78. The van der Waals surface area contributed by atoms with Crippen LogP contribution in [0.2, 0.25) is 0 Å². The first-order valence-corrected chi connectivity index (χ1v) is 7.77. The lowest BCUT2D eigenvalue weighted by Crippen LogP contribution is -2.46. The van der Waals surface area contributed by atoms with Gasteiger partial charge < -0.3 is 20.3 Å². The molecule has 0 aromatic heterocycles. The van der Waals surface area contributed by atoms with Crippen LogP contribution < -0.4 is 15.2 Å². The quantitative estimate of drug-likeness (QED) is 0.732. The molecule has 0 saturated carbocycles. The van der Waals surface area contributed by atoms with Crippen LogP contribution in [0.3, 0.4) is 0 Å². The summed E-state index contributed by atoms with van der Waals surface area (Å²) in [6, 6.07) is 5.67. The topological polar surface area (TPSA) is 81.8 Å². The summed E-state index contributed by atoms with van der Waals surface area (Å²) in [5.41, 5.74) is 5.60. The predicted molar refractivity (Wildman–Crippen MR) is 86.7 cm³/mol. The normalized spacial score (nSPS) is 15.0. The van der Waals surface area contributed by atoms with Gasteiger partial charge in [0.1, 0.15) is 17.0 Å². The van der Waals surface area contributed by atoms with Gasteiger partial charge in [-0.1, -0.05) is 6.92 Å². The first-order chi connectivity index (χ1) is 10.4. The van der Waals surface area contributed by atoms with E-state index < -0.39 is 11.5 Å². The van der Waals surface area contributed by atoms with Crippen molar-refractivity contribution in [3.63, 3.8) is 0 Å². The molecule has 0 aliphatic carbocycles. The molecule has 0 heterocycles. The molecule has 3 N–H and O–H groups in total. The molecule has 1 rings (SSSR count). The van der Waals surface area contributed by atoms with Crippen molar-refractivity contribution in [2.45, 2.75) is 52.0 Å². The van der Waals surface area contributed by atoms with Crippen molar-refractivity contribution in [3.8, 4) is 11.5 Å². The molecule has 1 aromatic carbocycles. The van der Waals surface area contributed by atoms with E-state index >= 15 is 0 Å². The van der Waals surface area contributed by atoms with Gasteiger partial charge >= 0.3 is 5.97 Å². The van der Waals surface area contributed by atoms with Gasteiger partial charge in [-0.25, -0.2) is 0 Å². The predicted octanol–water partition coefficient (Wildman–Crippen LogP) is 3.17. The van der Waals surface area contributed by atoms with Crippen molar-refractivity contribution < 1.29 is 19.4 Å². The molecular weight excluding hydrogens is 282 g/mol. The Kier molecular flexibility index (Phi) is 6.68. The average molecular weight is 309 g/mol. The zero-order valence-electron chi connectivity index (χ0n) is 13.9. The highest BCUT2D eigenvalue weighted by Gasteiger charge is 2.32. The summed E-state index contributed by atoms with van der Waals surface area (Å²) in [4.78, 5) is 11.3. The number of aliphatic carboxylic acids is 1. The minimum absolute atomic E-state index is 0.00643. The summed E-state index contributed by atoms with van der Waals surface area (Å²) in [5.74, 6) is 0.519. The van der Waals surface area contributed by atoms with Crippen LogP contribution in [0, 0.1) is 0 Å². The van der Waals surface area contributed by atoms with Gasteiger partial charge in [0, 0.05) is 5.56 Å². The summed E-state index contributed by atoms with van der Waals surface area (Å²) < 4.78 is 11.2. The van der Waals surface area contributed by atoms with Gasteiger partial charge in [-0.2, -0.15) is 0 Å². The fourth-order valence-electron chi connectivity index (χ4n) is 2.46. The van der Waals surface area contributed by atoms with E-state index in [-0.39, 0.29) is 5.92 Å². The molecule has 0 amide bonds. The Morgan fingerprint density at radius 3 is 2.41 bits per heavy atom. The standard InChI is InChI=1S/C17H27NO4/c1-5-12(11-17(4,18)16(19)20)14-10-13(21-6-2)8-9-15(14)22-7-3/h8-10,12H,5-7,11,18H2,1-4H3,(H,19,20). The van der Waals surface area contributed by atoms with Gasteiger partial charge in [0.05, 0.1) is 13.2 Å². The SMILES string of the molecule is CCOc1ccc(OCC)c(C(CC)CC(C)(N)C(=O)O)c1. The summed E-state index contributed by atoms with van der Waals surface area (Å²) in [6.07, 6.45) is 1.12. The number of hydrogen-bond donors (Lipinski definition) is 2. The maximum absolute atomic E-state index is 11.3. The van der Waals surface area contributed by atoms with Gasteiger partial charge in [-0.05, 0) is 57.7 Å². The summed E-state index contributed by atoms with van der Waals surface area (Å²) in [7, 11) is 0. The van der Waals surface area contributed by atoms with Gasteiger partial charge in [0.25, 0.3) is 0 Å². The fraction of sp³-hybridized carbons (Fsp3) is 0.588. The van der Waals surface area contributed by atoms with Crippen molar-refractivity contribution in [1.82, 2.24) is 0 Å². The average Bonchev–Trinajstić information content (AvgIpc) is 2.47. The first kappa shape index (κ1) is 18.3. The number of rotatable bonds is 9. The number of nitrogens with two attached hydrogens (primary N) is 1. The van der Waals surface area contributed by atoms with Crippen molar-refractivity contribution >= 4 is 5.97 Å². The van der Waals surface area contributed by atoms with Crippen LogP contribution in [0.15, 0.2) is 18.2 Å². The van der Waals surface area contributed by atoms with Crippen molar-refractivity contribution in [1.29, 1.82) is 0 Å². The Morgan fingerprint density at radius 1 is 1.27 bits per heavy atom. The number of carboxylic acid groups (broad SMARTS) is 1. The van der Waals surface area contributed by atoms with Crippen LogP contribution in [0.5, 0.6) is 11.5 Å². The second kappa shape index (κ2) is 8.03. The number of hydrogen-bond acceptors (Lipinski definition) is 4. The van der Waals surface area contributed by atoms with Crippen LogP contribution in [-0.4, -0.2) is 29.8 Å². The lowest BCUT2D eigenvalue weighted by Gasteiger charge is -2.27. The molecule has 2 unspecified atom stereocenters. The molecule has 0 saturated heterocycles. The van der Waals surface area contributed by atoms with E-state index in [0.29, 0.717) is 19.6 Å². The Bertz CT molecular complexity index is 499. The summed E-state index contributed by atoms with van der Waals surface area (Å²) in [6.45, 7) is 8.54. The molecule has 0 fully saturated rings. The minimum atomic E-state index is -1.27. The number of benzene rings is 1. The molecule has 5 heteroatoms. The lowest BCUT2D eigenvalue weighted by atomic mass is 9.83. The van der Waals surface area contributed by atoms with Crippen molar-refractivity contribution in [2.75, 3.05) is 13.2 Å². The highest BCUT2D eigenvalue weighted by Crippen LogP contribution is 2.36. The summed E-state index contributed by atoms with van der Waals surface area (Å²) >= 11 is 0. The van der Waals surface area contributed by atoms with E-state index in [2.05, 4.69) is 0 Å². The Morgan fingerprint density at radius 2 is 1.91 bits per heavy atom. The van der Waals surface area contributed by atoms with Crippen LogP contribution >= 0.6 is 0 Å². The third-order valence-corrected chi connectivity index (χ3v) is 3.68. The molecule has 1 aromatic rings. The summed E-state index contributed by atoms with van der Waals surface area (Å²) in [5, 5.41) is 9.26. The van der Waals surface area contributed by atoms with Crippen molar-refractivity contribution in [3.05, 3.63) is 23.8 Å². The van der Waals surface area contributed by atoms with Gasteiger partial charge in [0.15, 0.2) is 0 Å². The molecule has 0 aliphatic rings. The Hall–Kier alpha value is -1.75. The molecule has 22 heavy (non-hydrogen) atoms. The zero-order chi connectivity index (χ0) is 16.8. The lowest BCUT2D eigenvalue weighted by molar-refractivity contribution is -0.143. The van der Waals surface area contributed by atoms with Crippen molar-refractivity contribution in [2.24, 2.45) is 5.73 Å². The fourth-order valence-corrected chi connectivity index (χ4v) is 2.46. The number of carbonyl (C=O) groups is 1. The zero-order valence-corrected chi connectivity index (χ0v) is 13.9. The van der Waals surface area contributed by atoms with Crippen LogP contribution in [0.4, 0.5) is 0 Å². The van der Waals surface area contributed by atoms with E-state index in [1.165, 1.54) is 0 Å². The molecule has 2 atom stereocenters. The molecule has 5 nitrogen and oxygen atoms in total. The Balaban J connectivity index is 3.16. The molecule has 124 valence electrons. The third kappa shape index (κ3) is 4.63. The monoisotopic (exact) mass is 309 g/mol. The largest absolute Gasteiger partial charge is 0.494 e. The van der Waals surface area contributed by atoms with Gasteiger partial charge in [-0.15, -0.1) is 0 Å². The molecule has 0 spiro atoms. The number of carboxylic acids is 1. The van der Waals surface area contributed by atoms with Crippen LogP contribution in [0.25, 0.3) is 0 Å². The van der Waals surface area contributed by atoms with E-state index in [1.54, 1.807) is 6.92 Å². The maximum atomic E-state index is 11.3. The minimum Gasteiger partial charge on any atom is -0.494 e. The van der Waals surface area contributed by atoms with E-state index in [4.69, 9.17) is 15.2 Å². The van der Waals surface area contributed by atoms with Crippen LogP contribution in [0.1, 0.15) is 52.0 Å². The van der Waals surface area contributed by atoms with Crippen LogP contribution in [-0.2, 0) is 4.79 Å².